The van der Waals surface area contributed by atoms with Crippen molar-refractivity contribution >= 4 is 28.1 Å². The van der Waals surface area contributed by atoms with Gasteiger partial charge >= 0.3 is 0 Å². The fourth-order valence-corrected chi connectivity index (χ4v) is 2.85. The molecule has 5 nitrogen and oxygen atoms in total. The molecule has 3 rings (SSSR count). The number of hydrogen-bond acceptors (Lipinski definition) is 4. The summed E-state index contributed by atoms with van der Waals surface area (Å²) in [6.45, 7) is 2.62. The fraction of sp³-hybridized carbons (Fsp3) is 0.136. The predicted octanol–water partition coefficient (Wildman–Crippen LogP) is 5.60. The highest BCUT2D eigenvalue weighted by Gasteiger charge is 2.11. The van der Waals surface area contributed by atoms with Crippen LogP contribution in [-0.4, -0.2) is 11.5 Å². The Morgan fingerprint density at radius 3 is 2.56 bits per heavy atom. The number of nitriles is 1. The second kappa shape index (κ2) is 8.15. The molecule has 3 aromatic carbocycles. The first-order chi connectivity index (χ1) is 13.1. The van der Waals surface area contributed by atoms with E-state index in [-0.39, 0.29) is 5.69 Å². The summed E-state index contributed by atoms with van der Waals surface area (Å²) < 4.78 is 5.88. The highest BCUT2D eigenvalue weighted by atomic mass is 16.6. The maximum atomic E-state index is 10.8. The molecule has 0 fully saturated rings. The number of fused-ring (bicyclic) bond motifs is 1. The molecule has 3 aromatic rings. The van der Waals surface area contributed by atoms with Gasteiger partial charge in [0.1, 0.15) is 5.75 Å². The third kappa shape index (κ3) is 3.96. The van der Waals surface area contributed by atoms with Crippen LogP contribution < -0.4 is 4.74 Å². The Balaban J connectivity index is 2.13. The lowest BCUT2D eigenvalue weighted by Gasteiger charge is -2.12. The molecule has 0 saturated carbocycles. The minimum atomic E-state index is -0.457. The van der Waals surface area contributed by atoms with Gasteiger partial charge in [0.05, 0.1) is 23.2 Å². The van der Waals surface area contributed by atoms with E-state index in [0.717, 1.165) is 22.8 Å². The zero-order valence-corrected chi connectivity index (χ0v) is 14.9. The zero-order valence-electron chi connectivity index (χ0n) is 14.9. The van der Waals surface area contributed by atoms with E-state index < -0.39 is 4.92 Å². The van der Waals surface area contributed by atoms with Gasteiger partial charge in [-0.05, 0) is 47.0 Å². The van der Waals surface area contributed by atoms with Gasteiger partial charge in [0.15, 0.2) is 0 Å². The molecule has 0 bridgehead atoms. The molecule has 0 amide bonds. The van der Waals surface area contributed by atoms with Crippen LogP contribution in [0.3, 0.4) is 0 Å². The van der Waals surface area contributed by atoms with Crippen molar-refractivity contribution in [3.63, 3.8) is 0 Å². The van der Waals surface area contributed by atoms with Crippen molar-refractivity contribution in [1.29, 1.82) is 5.26 Å². The monoisotopic (exact) mass is 358 g/mol. The van der Waals surface area contributed by atoms with Crippen LogP contribution in [0.2, 0.25) is 0 Å². The molecule has 0 spiro atoms. The molecule has 0 N–H and O–H groups in total. The van der Waals surface area contributed by atoms with Crippen LogP contribution in [0.5, 0.6) is 5.75 Å². The summed E-state index contributed by atoms with van der Waals surface area (Å²) in [7, 11) is 0. The van der Waals surface area contributed by atoms with Crippen molar-refractivity contribution in [3.05, 3.63) is 81.9 Å². The standard InChI is InChI=1S/C22H18N2O3/c1-2-13-27-22-12-9-17-5-3-4-6-20(17)21(22)14-18(15-23)16-7-10-19(11-8-16)24(25)26/h3-12,14H,2,13H2,1H3/b18-14+. The Morgan fingerprint density at radius 1 is 1.15 bits per heavy atom. The minimum Gasteiger partial charge on any atom is -0.493 e. The van der Waals surface area contributed by atoms with Crippen molar-refractivity contribution in [2.24, 2.45) is 0 Å². The number of non-ortho nitro benzene ring substituents is 1. The van der Waals surface area contributed by atoms with Crippen LogP contribution in [0.1, 0.15) is 24.5 Å². The number of nitrogens with zero attached hydrogens (tertiary/aromatic N) is 2. The molecular formula is C22H18N2O3. The van der Waals surface area contributed by atoms with Gasteiger partial charge in [-0.1, -0.05) is 37.3 Å². The van der Waals surface area contributed by atoms with Gasteiger partial charge in [-0.2, -0.15) is 5.26 Å². The van der Waals surface area contributed by atoms with Crippen molar-refractivity contribution < 1.29 is 9.66 Å². The summed E-state index contributed by atoms with van der Waals surface area (Å²) in [5, 5.41) is 22.5. The van der Waals surface area contributed by atoms with E-state index in [1.165, 1.54) is 12.1 Å². The number of allylic oxidation sites excluding steroid dienone is 1. The maximum Gasteiger partial charge on any atom is 0.269 e. The largest absolute Gasteiger partial charge is 0.493 e. The lowest BCUT2D eigenvalue weighted by molar-refractivity contribution is -0.384. The van der Waals surface area contributed by atoms with Gasteiger partial charge in [0.25, 0.3) is 5.69 Å². The number of rotatable bonds is 6. The van der Waals surface area contributed by atoms with Crippen molar-refractivity contribution in [2.45, 2.75) is 13.3 Å². The molecule has 0 unspecified atom stereocenters. The van der Waals surface area contributed by atoms with Crippen molar-refractivity contribution in [2.75, 3.05) is 6.61 Å². The average Bonchev–Trinajstić information content (AvgIpc) is 2.71. The Morgan fingerprint density at radius 2 is 1.89 bits per heavy atom. The molecule has 0 radical (unpaired) electrons. The van der Waals surface area contributed by atoms with E-state index in [9.17, 15) is 15.4 Å². The van der Waals surface area contributed by atoms with Gasteiger partial charge in [0, 0.05) is 17.7 Å². The van der Waals surface area contributed by atoms with Crippen LogP contribution in [0.15, 0.2) is 60.7 Å². The average molecular weight is 358 g/mol. The number of nitro groups is 1. The number of ether oxygens (including phenoxy) is 1. The summed E-state index contributed by atoms with van der Waals surface area (Å²) in [6.07, 6.45) is 2.66. The highest BCUT2D eigenvalue weighted by molar-refractivity contribution is 6.00. The molecule has 0 aromatic heterocycles. The normalized spacial score (nSPS) is 11.2. The molecule has 134 valence electrons. The van der Waals surface area contributed by atoms with Gasteiger partial charge in [-0.15, -0.1) is 0 Å². The summed E-state index contributed by atoms with van der Waals surface area (Å²) in [5.41, 5.74) is 1.87. The lowest BCUT2D eigenvalue weighted by Crippen LogP contribution is -1.98. The van der Waals surface area contributed by atoms with E-state index in [1.807, 2.05) is 43.3 Å². The van der Waals surface area contributed by atoms with Gasteiger partial charge < -0.3 is 4.74 Å². The van der Waals surface area contributed by atoms with Gasteiger partial charge in [0.2, 0.25) is 0 Å². The quantitative estimate of drug-likeness (QED) is 0.249. The molecule has 5 heteroatoms. The first kappa shape index (κ1) is 18.2. The number of hydrogen-bond donors (Lipinski definition) is 0. The highest BCUT2D eigenvalue weighted by Crippen LogP contribution is 2.32. The third-order valence-electron chi connectivity index (χ3n) is 4.19. The molecule has 0 atom stereocenters. The molecule has 0 heterocycles. The smallest absolute Gasteiger partial charge is 0.269 e. The topological polar surface area (TPSA) is 76.2 Å². The Kier molecular flexibility index (Phi) is 5.48. The summed E-state index contributed by atoms with van der Waals surface area (Å²) in [6, 6.07) is 20.0. The molecule has 0 aliphatic carbocycles. The predicted molar refractivity (Wildman–Crippen MR) is 106 cm³/mol. The summed E-state index contributed by atoms with van der Waals surface area (Å²) in [5.74, 6) is 0.713. The van der Waals surface area contributed by atoms with Crippen LogP contribution in [0.25, 0.3) is 22.4 Å². The first-order valence-electron chi connectivity index (χ1n) is 8.65. The number of benzene rings is 3. The Hall–Kier alpha value is -3.65. The molecule has 27 heavy (non-hydrogen) atoms. The molecule has 0 saturated heterocycles. The second-order valence-electron chi connectivity index (χ2n) is 6.02. The van der Waals surface area contributed by atoms with Crippen LogP contribution in [-0.2, 0) is 0 Å². The molecule has 0 aliphatic heterocycles. The maximum absolute atomic E-state index is 10.8. The van der Waals surface area contributed by atoms with E-state index in [2.05, 4.69) is 6.07 Å². The van der Waals surface area contributed by atoms with E-state index in [0.29, 0.717) is 23.5 Å². The second-order valence-corrected chi connectivity index (χ2v) is 6.02. The summed E-state index contributed by atoms with van der Waals surface area (Å²) in [4.78, 5) is 10.4. The third-order valence-corrected chi connectivity index (χ3v) is 4.19. The van der Waals surface area contributed by atoms with E-state index in [1.54, 1.807) is 18.2 Å². The van der Waals surface area contributed by atoms with Crippen molar-refractivity contribution in [1.82, 2.24) is 0 Å². The Bertz CT molecular complexity index is 1050. The Labute approximate surface area is 157 Å². The van der Waals surface area contributed by atoms with Crippen LogP contribution in [0.4, 0.5) is 5.69 Å². The zero-order chi connectivity index (χ0) is 19.2. The van der Waals surface area contributed by atoms with E-state index >= 15 is 0 Å². The van der Waals surface area contributed by atoms with Gasteiger partial charge in [-0.25, -0.2) is 0 Å². The lowest BCUT2D eigenvalue weighted by atomic mass is 9.98. The fourth-order valence-electron chi connectivity index (χ4n) is 2.85. The SMILES string of the molecule is CCCOc1ccc2ccccc2c1/C=C(\C#N)c1ccc([N+](=O)[O-])cc1. The molecular weight excluding hydrogens is 340 g/mol. The minimum absolute atomic E-state index is 0.00633. The van der Waals surface area contributed by atoms with Gasteiger partial charge in [-0.3, -0.25) is 10.1 Å². The first-order valence-corrected chi connectivity index (χ1v) is 8.65. The van der Waals surface area contributed by atoms with E-state index in [4.69, 9.17) is 4.74 Å². The summed E-state index contributed by atoms with van der Waals surface area (Å²) >= 11 is 0. The van der Waals surface area contributed by atoms with Crippen molar-refractivity contribution in [3.8, 4) is 11.8 Å². The molecule has 0 aliphatic rings. The number of nitro benzene ring substituents is 1. The van der Waals surface area contributed by atoms with Crippen LogP contribution >= 0.6 is 0 Å². The van der Waals surface area contributed by atoms with Crippen LogP contribution in [0, 0.1) is 21.4 Å².